The summed E-state index contributed by atoms with van der Waals surface area (Å²) in [5.41, 5.74) is 3.85. The van der Waals surface area contributed by atoms with Gasteiger partial charge >= 0.3 is 0 Å². The average molecular weight is 480 g/mol. The number of aryl methyl sites for hydroxylation is 2. The number of amides is 1. The largest absolute Gasteiger partial charge is 0.456 e. The van der Waals surface area contributed by atoms with Gasteiger partial charge in [-0.1, -0.05) is 24.0 Å². The van der Waals surface area contributed by atoms with Gasteiger partial charge in [0.25, 0.3) is 11.6 Å². The van der Waals surface area contributed by atoms with Gasteiger partial charge in [-0.15, -0.1) is 0 Å². The predicted octanol–water partition coefficient (Wildman–Crippen LogP) is 5.94. The number of anilines is 2. The predicted molar refractivity (Wildman–Crippen MR) is 137 cm³/mol. The Morgan fingerprint density at radius 2 is 1.76 bits per heavy atom. The molecule has 0 N–H and O–H groups in total. The van der Waals surface area contributed by atoms with E-state index in [0.717, 1.165) is 16.8 Å². The Morgan fingerprint density at radius 1 is 1.09 bits per heavy atom. The zero-order chi connectivity index (χ0) is 23.9. The van der Waals surface area contributed by atoms with E-state index in [1.54, 1.807) is 30.3 Å². The topological polar surface area (TPSA) is 79.8 Å². The highest BCUT2D eigenvalue weighted by atomic mass is 32.2. The molecule has 0 saturated carbocycles. The third kappa shape index (κ3) is 4.42. The lowest BCUT2D eigenvalue weighted by atomic mass is 10.0. The molecule has 4 rings (SSSR count). The normalized spacial score (nSPS) is 14.9. The van der Waals surface area contributed by atoms with Crippen LogP contribution in [0.4, 0.5) is 17.1 Å². The second kappa shape index (κ2) is 8.84. The van der Waals surface area contributed by atoms with Gasteiger partial charge in [-0.05, 0) is 67.4 Å². The summed E-state index contributed by atoms with van der Waals surface area (Å²) in [5.74, 6) is 0.546. The van der Waals surface area contributed by atoms with Crippen LogP contribution in [0.3, 0.4) is 0 Å². The summed E-state index contributed by atoms with van der Waals surface area (Å²) in [6, 6.07) is 14.2. The van der Waals surface area contributed by atoms with Crippen molar-refractivity contribution in [2.24, 2.45) is 0 Å². The number of thioether (sulfide) groups is 1. The van der Waals surface area contributed by atoms with E-state index in [0.29, 0.717) is 32.0 Å². The molecule has 168 valence electrons. The molecule has 1 aliphatic heterocycles. The number of thiocarbonyl (C=S) groups is 1. The van der Waals surface area contributed by atoms with Crippen LogP contribution in [0.5, 0.6) is 0 Å². The summed E-state index contributed by atoms with van der Waals surface area (Å²) in [6.45, 7) is 3.72. The first-order chi connectivity index (χ1) is 15.7. The molecular weight excluding hydrogens is 458 g/mol. The number of nitrogens with zero attached hydrogens (tertiary/aromatic N) is 3. The molecule has 33 heavy (non-hydrogen) atoms. The van der Waals surface area contributed by atoms with Crippen LogP contribution in [0.25, 0.3) is 17.4 Å². The number of benzene rings is 2. The number of hydrogen-bond acceptors (Lipinski definition) is 7. The van der Waals surface area contributed by atoms with E-state index in [-0.39, 0.29) is 11.6 Å². The maximum atomic E-state index is 13.0. The Labute approximate surface area is 200 Å². The fourth-order valence-corrected chi connectivity index (χ4v) is 4.72. The van der Waals surface area contributed by atoms with Gasteiger partial charge in [0.15, 0.2) is 4.32 Å². The Kier molecular flexibility index (Phi) is 6.09. The van der Waals surface area contributed by atoms with E-state index in [2.05, 4.69) is 0 Å². The Bertz CT molecular complexity index is 1310. The van der Waals surface area contributed by atoms with Crippen molar-refractivity contribution in [1.82, 2.24) is 0 Å². The number of carbonyl (C=O) groups excluding carboxylic acids is 1. The minimum absolute atomic E-state index is 0.0218. The summed E-state index contributed by atoms with van der Waals surface area (Å²) in [7, 11) is 3.89. The fraction of sp³-hybridized carbons (Fsp3) is 0.167. The van der Waals surface area contributed by atoms with Crippen molar-refractivity contribution < 1.29 is 14.1 Å². The number of nitro groups is 1. The molecule has 2 aromatic carbocycles. The van der Waals surface area contributed by atoms with Crippen LogP contribution in [0.15, 0.2) is 57.9 Å². The first kappa shape index (κ1) is 22.8. The molecule has 9 heteroatoms. The Hall–Kier alpha value is -3.43. The van der Waals surface area contributed by atoms with Gasteiger partial charge in [0.1, 0.15) is 11.5 Å². The van der Waals surface area contributed by atoms with Crippen molar-refractivity contribution in [3.63, 3.8) is 0 Å². The molecule has 0 unspecified atom stereocenters. The first-order valence-corrected chi connectivity index (χ1v) is 11.3. The minimum Gasteiger partial charge on any atom is -0.456 e. The van der Waals surface area contributed by atoms with Crippen LogP contribution >= 0.6 is 24.0 Å². The maximum absolute atomic E-state index is 13.0. The second-order valence-electron chi connectivity index (χ2n) is 7.84. The summed E-state index contributed by atoms with van der Waals surface area (Å²) >= 11 is 6.63. The quantitative estimate of drug-likeness (QED) is 0.194. The Balaban J connectivity index is 1.63. The van der Waals surface area contributed by atoms with E-state index >= 15 is 0 Å². The molecule has 2 heterocycles. The molecule has 0 radical (unpaired) electrons. The second-order valence-corrected chi connectivity index (χ2v) is 9.52. The summed E-state index contributed by atoms with van der Waals surface area (Å²) in [5, 5.41) is 11.5. The third-order valence-corrected chi connectivity index (χ3v) is 6.69. The lowest BCUT2D eigenvalue weighted by molar-refractivity contribution is -0.384. The third-order valence-electron chi connectivity index (χ3n) is 5.39. The molecule has 0 aliphatic carbocycles. The number of rotatable bonds is 5. The minimum atomic E-state index is -0.420. The monoisotopic (exact) mass is 479 g/mol. The van der Waals surface area contributed by atoms with Crippen LogP contribution in [0.2, 0.25) is 0 Å². The smallest absolute Gasteiger partial charge is 0.280 e. The van der Waals surface area contributed by atoms with Gasteiger partial charge in [0.05, 0.1) is 21.1 Å². The summed E-state index contributed by atoms with van der Waals surface area (Å²) < 4.78 is 6.30. The molecule has 0 spiro atoms. The van der Waals surface area contributed by atoms with Crippen LogP contribution < -0.4 is 9.80 Å². The zero-order valence-electron chi connectivity index (χ0n) is 18.5. The molecule has 1 aromatic heterocycles. The maximum Gasteiger partial charge on any atom is 0.280 e. The molecule has 7 nitrogen and oxygen atoms in total. The first-order valence-electron chi connectivity index (χ1n) is 10.1. The molecule has 1 saturated heterocycles. The lowest BCUT2D eigenvalue weighted by Crippen LogP contribution is -2.27. The van der Waals surface area contributed by atoms with E-state index in [9.17, 15) is 14.9 Å². The number of furan rings is 1. The molecular formula is C24H21N3O4S2. The molecule has 1 amide bonds. The van der Waals surface area contributed by atoms with E-state index in [1.807, 2.05) is 57.1 Å². The highest BCUT2D eigenvalue weighted by Crippen LogP contribution is 2.38. The van der Waals surface area contributed by atoms with Crippen molar-refractivity contribution >= 4 is 57.3 Å². The number of carbonyl (C=O) groups is 1. The lowest BCUT2D eigenvalue weighted by Gasteiger charge is -2.17. The summed E-state index contributed by atoms with van der Waals surface area (Å²) in [6.07, 6.45) is 1.61. The van der Waals surface area contributed by atoms with Crippen molar-refractivity contribution in [3.05, 3.63) is 80.4 Å². The van der Waals surface area contributed by atoms with Crippen molar-refractivity contribution in [3.8, 4) is 11.3 Å². The van der Waals surface area contributed by atoms with Crippen LogP contribution in [0.1, 0.15) is 16.9 Å². The molecule has 1 aliphatic rings. The zero-order valence-corrected chi connectivity index (χ0v) is 20.1. The molecule has 0 bridgehead atoms. The van der Waals surface area contributed by atoms with Gasteiger partial charge < -0.3 is 9.32 Å². The van der Waals surface area contributed by atoms with Crippen LogP contribution in [-0.4, -0.2) is 29.2 Å². The molecule has 3 aromatic rings. The highest BCUT2D eigenvalue weighted by molar-refractivity contribution is 8.27. The van der Waals surface area contributed by atoms with E-state index in [4.69, 9.17) is 16.6 Å². The van der Waals surface area contributed by atoms with Gasteiger partial charge in [-0.3, -0.25) is 19.8 Å². The van der Waals surface area contributed by atoms with Gasteiger partial charge in [0, 0.05) is 31.9 Å². The average Bonchev–Trinajstić information content (AvgIpc) is 3.34. The van der Waals surface area contributed by atoms with Gasteiger partial charge in [-0.25, -0.2) is 0 Å². The van der Waals surface area contributed by atoms with Crippen LogP contribution in [-0.2, 0) is 4.79 Å². The van der Waals surface area contributed by atoms with Crippen molar-refractivity contribution in [1.29, 1.82) is 0 Å². The van der Waals surface area contributed by atoms with Crippen LogP contribution in [0, 0.1) is 24.0 Å². The van der Waals surface area contributed by atoms with Gasteiger partial charge in [-0.2, -0.15) is 0 Å². The van der Waals surface area contributed by atoms with Crippen molar-refractivity contribution in [2.75, 3.05) is 23.9 Å². The fourth-order valence-electron chi connectivity index (χ4n) is 3.44. The standard InChI is InChI=1S/C24H21N3O4S2/c1-14-11-19(20(27(29)30)12-15(14)2)21-10-9-18(31-21)13-22-23(28)26(24(32)33-22)17-7-5-16(6-8-17)25(3)4/h5-13H,1-4H3/b22-13-. The SMILES string of the molecule is Cc1cc(-c2ccc(/C=C3\SC(=S)N(c4ccc(N(C)C)cc4)C3=O)o2)c([N+](=O)[O-])cc1C. The number of nitro benzene ring substituents is 1. The Morgan fingerprint density at radius 3 is 2.39 bits per heavy atom. The van der Waals surface area contributed by atoms with E-state index in [1.165, 1.54) is 16.7 Å². The van der Waals surface area contributed by atoms with Crippen molar-refractivity contribution in [2.45, 2.75) is 13.8 Å². The highest BCUT2D eigenvalue weighted by Gasteiger charge is 2.33. The summed E-state index contributed by atoms with van der Waals surface area (Å²) in [4.78, 5) is 28.1. The van der Waals surface area contributed by atoms with Gasteiger partial charge in [0.2, 0.25) is 0 Å². The molecule has 1 fully saturated rings. The number of hydrogen-bond donors (Lipinski definition) is 0. The van der Waals surface area contributed by atoms with E-state index < -0.39 is 4.92 Å². The molecule has 0 atom stereocenters.